The fourth-order valence-corrected chi connectivity index (χ4v) is 10.3. The maximum atomic E-state index is 13.0. The Bertz CT molecular complexity index is 1800. The van der Waals surface area contributed by atoms with E-state index in [0.29, 0.717) is 12.8 Å². The van der Waals surface area contributed by atoms with Gasteiger partial charge in [-0.25, -0.2) is 0 Å². The van der Waals surface area contributed by atoms with Crippen LogP contribution < -0.4 is 10.6 Å². The molecule has 27 atom stereocenters. The summed E-state index contributed by atoms with van der Waals surface area (Å²) in [6, 6.07) is -2.83. The monoisotopic (exact) mass is 1160 g/mol. The molecule has 0 radical (unpaired) electrons. The lowest BCUT2D eigenvalue weighted by Crippen LogP contribution is -2.71. The molecule has 0 saturated carbocycles. The van der Waals surface area contributed by atoms with Crippen molar-refractivity contribution in [3.63, 3.8) is 0 Å². The molecule has 0 aromatic carbocycles. The van der Waals surface area contributed by atoms with E-state index in [9.17, 15) is 86.2 Å². The molecule has 5 aliphatic rings. The number of hydrogen-bond donors (Lipinski definition) is 17. The number of unbranched alkanes of at least 4 members (excludes halogenated alkanes) is 11. The number of aliphatic hydroxyl groups excluding tert-OH is 15. The van der Waals surface area contributed by atoms with Crippen LogP contribution in [0.3, 0.4) is 0 Å². The van der Waals surface area contributed by atoms with Crippen molar-refractivity contribution in [3.05, 3.63) is 12.2 Å². The minimum absolute atomic E-state index is 0.346. The highest BCUT2D eigenvalue weighted by Gasteiger charge is 2.58. The molecule has 0 aromatic heterocycles. The molecule has 80 heavy (non-hydrogen) atoms. The molecule has 29 heteroatoms. The molecule has 0 aromatic rings. The second-order valence-electron chi connectivity index (χ2n) is 21.1. The maximum Gasteiger partial charge on any atom is 0.217 e. The summed E-state index contributed by atoms with van der Waals surface area (Å²) in [5.74, 6) is -0.852. The van der Waals surface area contributed by atoms with E-state index in [2.05, 4.69) is 17.6 Å². The number of amides is 2. The normalized spacial score (nSPS) is 41.5. The molecule has 2 amide bonds. The van der Waals surface area contributed by atoms with Crippen LogP contribution in [0, 0.1) is 0 Å². The van der Waals surface area contributed by atoms with Gasteiger partial charge in [-0.3, -0.25) is 9.59 Å². The Morgan fingerprint density at radius 1 is 0.512 bits per heavy atom. The van der Waals surface area contributed by atoms with Crippen LogP contribution in [0.15, 0.2) is 12.2 Å². The van der Waals surface area contributed by atoms with E-state index < -0.39 is 205 Å². The lowest BCUT2D eigenvalue weighted by molar-refractivity contribution is -0.391. The van der Waals surface area contributed by atoms with Gasteiger partial charge in [-0.15, -0.1) is 0 Å². The molecule has 0 aliphatic carbocycles. The molecular formula is C51H90N2O27. The van der Waals surface area contributed by atoms with Crippen LogP contribution in [-0.2, 0) is 57.0 Å². The molecule has 29 nitrogen and oxygen atoms in total. The summed E-state index contributed by atoms with van der Waals surface area (Å²) < 4.78 is 58.7. The predicted octanol–water partition coefficient (Wildman–Crippen LogP) is -6.00. The van der Waals surface area contributed by atoms with Crippen LogP contribution in [0.4, 0.5) is 0 Å². The number of hydrogen-bond acceptors (Lipinski definition) is 27. The van der Waals surface area contributed by atoms with Gasteiger partial charge in [0, 0.05) is 6.92 Å². The minimum atomic E-state index is -2.18. The quantitative estimate of drug-likeness (QED) is 0.0169. The standard InChI is InChI=1S/C51H90N2O27/c1-4-5-6-7-8-9-10-11-12-13-14-15-16-17-27(60)26(52-23-58)22-71-48-41(69)38(66)43(30(20-56)76-48)77-51-42(70)46(35(63)29(19-55)74-51)80-47-32(53-25(3)59)45(79-50-40(68)37(65)34(62)28(18-54)73-50)44(31(21-57)75-47)78-49-39(67)36(64)33(61)24(2)72-49/h16-17,23-24,26-51,54-57,60-70H,4-15,18-22H2,1-3H3,(H,52,58)(H,53,59)/b17-16+/t24-,26-,27+,28+,29+,30+,31+,32+,33+,34-,35-,36+,37-,38+,39-,40+,41+,42+,43+,44+,45+,46-,47-,48+,49-,50-,51-/m0/s1. The average molecular weight is 1160 g/mol. The zero-order valence-electron chi connectivity index (χ0n) is 45.4. The third-order valence-corrected chi connectivity index (χ3v) is 15.1. The topological polar surface area (TPSA) is 454 Å². The van der Waals surface area contributed by atoms with Crippen molar-refractivity contribution in [2.45, 2.75) is 263 Å². The Balaban J connectivity index is 1.29. The predicted molar refractivity (Wildman–Crippen MR) is 270 cm³/mol. The fourth-order valence-electron chi connectivity index (χ4n) is 10.3. The SMILES string of the molecule is CCCCCCCCCCCCC/C=C/[C@@H](O)[C@H](CO[C@@H]1O[C@H](CO)[C@@H](O[C@@H]2O[C@H](CO)[C@H](O)[C@H](O[C@@H]3O[C@H](CO)[C@@H](O[C@@H]4O[C@@H](C)[C@@H](O)[C@@H](O)[C@@H]4O)[C@H](O[C@@H]4O[C@H](CO)[C@H](O)[C@H](O)[C@H]4O)[C@H]3NC(C)=O)[C@H]2O)[C@H](O)[C@H]1O)NC=O. The molecule has 17 N–H and O–H groups in total. The Hall–Kier alpha value is -2.32. The number of nitrogens with one attached hydrogen (secondary N) is 2. The highest BCUT2D eigenvalue weighted by Crippen LogP contribution is 2.37. The van der Waals surface area contributed by atoms with Gasteiger partial charge in [0.2, 0.25) is 12.3 Å². The van der Waals surface area contributed by atoms with E-state index in [1.165, 1.54) is 57.9 Å². The van der Waals surface area contributed by atoms with Crippen LogP contribution >= 0.6 is 0 Å². The van der Waals surface area contributed by atoms with Gasteiger partial charge in [0.1, 0.15) is 116 Å². The van der Waals surface area contributed by atoms with E-state index in [1.54, 1.807) is 6.08 Å². The number of allylic oxidation sites excluding steroid dienone is 1. The van der Waals surface area contributed by atoms with E-state index >= 15 is 0 Å². The molecule has 5 heterocycles. The Labute approximate surface area is 464 Å². The molecule has 0 bridgehead atoms. The fraction of sp³-hybridized carbons (Fsp3) is 0.922. The van der Waals surface area contributed by atoms with E-state index in [1.807, 2.05) is 0 Å². The summed E-state index contributed by atoms with van der Waals surface area (Å²) in [6.07, 6.45) is -28.2. The minimum Gasteiger partial charge on any atom is -0.394 e. The van der Waals surface area contributed by atoms with Crippen molar-refractivity contribution >= 4 is 12.3 Å². The van der Waals surface area contributed by atoms with Crippen molar-refractivity contribution in [3.8, 4) is 0 Å². The van der Waals surface area contributed by atoms with E-state index in [0.717, 1.165) is 32.6 Å². The summed E-state index contributed by atoms with van der Waals surface area (Å²) in [5, 5.41) is 168. The molecule has 5 aliphatic heterocycles. The first-order chi connectivity index (χ1) is 38.3. The van der Waals surface area contributed by atoms with Gasteiger partial charge in [0.05, 0.1) is 51.3 Å². The number of carbonyl (C=O) groups excluding carboxylic acids is 2. The Morgan fingerprint density at radius 2 is 0.975 bits per heavy atom. The summed E-state index contributed by atoms with van der Waals surface area (Å²) in [5.41, 5.74) is 0. The van der Waals surface area contributed by atoms with Gasteiger partial charge in [-0.2, -0.15) is 0 Å². The van der Waals surface area contributed by atoms with Crippen molar-refractivity contribution in [1.29, 1.82) is 0 Å². The second kappa shape index (κ2) is 34.0. The van der Waals surface area contributed by atoms with Gasteiger partial charge < -0.3 is 135 Å². The van der Waals surface area contributed by atoms with Gasteiger partial charge in [-0.1, -0.05) is 83.3 Å². The van der Waals surface area contributed by atoms with Crippen molar-refractivity contribution < 1.29 is 134 Å². The third-order valence-electron chi connectivity index (χ3n) is 15.1. The highest BCUT2D eigenvalue weighted by atomic mass is 16.8. The number of ether oxygens (including phenoxy) is 10. The maximum absolute atomic E-state index is 13.0. The first kappa shape index (κ1) is 68.5. The highest BCUT2D eigenvalue weighted by molar-refractivity contribution is 5.73. The van der Waals surface area contributed by atoms with Gasteiger partial charge in [0.15, 0.2) is 31.5 Å². The molecule has 5 saturated heterocycles. The second-order valence-corrected chi connectivity index (χ2v) is 21.1. The first-order valence-electron chi connectivity index (χ1n) is 27.8. The number of rotatable bonds is 32. The average Bonchev–Trinajstić information content (AvgIpc) is 3.44. The van der Waals surface area contributed by atoms with E-state index in [-0.39, 0.29) is 0 Å². The first-order valence-corrected chi connectivity index (χ1v) is 27.8. The van der Waals surface area contributed by atoms with Crippen LogP contribution in [0.25, 0.3) is 0 Å². The van der Waals surface area contributed by atoms with Crippen LogP contribution in [0.1, 0.15) is 97.8 Å². The lowest BCUT2D eigenvalue weighted by atomic mass is 9.93. The molecular weight excluding hydrogens is 1070 g/mol. The van der Waals surface area contributed by atoms with Gasteiger partial charge in [0.25, 0.3) is 0 Å². The molecule has 5 rings (SSSR count). The van der Waals surface area contributed by atoms with Crippen LogP contribution in [-0.4, -0.2) is 288 Å². The van der Waals surface area contributed by atoms with Crippen molar-refractivity contribution in [2.24, 2.45) is 0 Å². The number of aliphatic hydroxyl groups is 15. The lowest BCUT2D eigenvalue weighted by Gasteiger charge is -2.51. The van der Waals surface area contributed by atoms with Gasteiger partial charge in [-0.05, 0) is 19.8 Å². The van der Waals surface area contributed by atoms with Crippen LogP contribution in [0.5, 0.6) is 0 Å². The zero-order valence-corrected chi connectivity index (χ0v) is 45.4. The Morgan fingerprint density at radius 3 is 1.55 bits per heavy atom. The summed E-state index contributed by atoms with van der Waals surface area (Å²) in [7, 11) is 0. The Kier molecular flexibility index (Phi) is 29.1. The van der Waals surface area contributed by atoms with Crippen LogP contribution in [0.2, 0.25) is 0 Å². The molecule has 0 spiro atoms. The smallest absolute Gasteiger partial charge is 0.217 e. The number of carbonyl (C=O) groups is 2. The zero-order chi connectivity index (χ0) is 58.8. The molecule has 0 unspecified atom stereocenters. The van der Waals surface area contributed by atoms with Crippen molar-refractivity contribution in [2.75, 3.05) is 33.0 Å². The van der Waals surface area contributed by atoms with E-state index in [4.69, 9.17) is 47.4 Å². The third kappa shape index (κ3) is 18.1. The van der Waals surface area contributed by atoms with Gasteiger partial charge >= 0.3 is 0 Å². The molecule has 466 valence electrons. The molecule has 5 fully saturated rings. The summed E-state index contributed by atoms with van der Waals surface area (Å²) >= 11 is 0. The largest absolute Gasteiger partial charge is 0.394 e. The summed E-state index contributed by atoms with van der Waals surface area (Å²) in [4.78, 5) is 24.5. The summed E-state index contributed by atoms with van der Waals surface area (Å²) in [6.45, 7) is 0.261. The van der Waals surface area contributed by atoms with Crippen molar-refractivity contribution in [1.82, 2.24) is 10.6 Å².